The third-order valence-corrected chi connectivity index (χ3v) is 4.04. The Kier molecular flexibility index (Phi) is 4.55. The molecule has 2 N–H and O–H groups in total. The fraction of sp³-hybridized carbons (Fsp3) is 0.154. The van der Waals surface area contributed by atoms with Gasteiger partial charge in [-0.05, 0) is 45.6 Å². The van der Waals surface area contributed by atoms with Gasteiger partial charge in [-0.15, -0.1) is 11.3 Å². The van der Waals surface area contributed by atoms with E-state index in [9.17, 15) is 9.18 Å². The van der Waals surface area contributed by atoms with Crippen molar-refractivity contribution in [2.45, 2.75) is 13.5 Å². The molecule has 3 nitrogen and oxygen atoms in total. The maximum Gasteiger partial charge on any atom is 0.221 e. The van der Waals surface area contributed by atoms with Crippen molar-refractivity contribution in [3.8, 4) is 0 Å². The number of amides is 1. The van der Waals surface area contributed by atoms with Gasteiger partial charge in [0.15, 0.2) is 0 Å². The summed E-state index contributed by atoms with van der Waals surface area (Å²) in [6, 6.07) is 6.32. The molecule has 0 bridgehead atoms. The van der Waals surface area contributed by atoms with Crippen molar-refractivity contribution in [3.05, 3.63) is 44.8 Å². The molecule has 1 aromatic carbocycles. The molecule has 100 valence electrons. The normalized spacial score (nSPS) is 10.3. The van der Waals surface area contributed by atoms with Gasteiger partial charge in [0.1, 0.15) is 5.82 Å². The van der Waals surface area contributed by atoms with Gasteiger partial charge < -0.3 is 10.6 Å². The molecule has 0 fully saturated rings. The fourth-order valence-corrected chi connectivity index (χ4v) is 2.74. The van der Waals surface area contributed by atoms with E-state index in [1.165, 1.54) is 30.4 Å². The lowest BCUT2D eigenvalue weighted by Gasteiger charge is -2.09. The number of benzene rings is 1. The quantitative estimate of drug-likeness (QED) is 0.873. The van der Waals surface area contributed by atoms with Crippen LogP contribution in [-0.4, -0.2) is 5.91 Å². The molecule has 0 aliphatic carbocycles. The van der Waals surface area contributed by atoms with Crippen LogP contribution in [0.25, 0.3) is 0 Å². The Balaban J connectivity index is 2.08. The zero-order valence-electron chi connectivity index (χ0n) is 10.2. The number of carbonyl (C=O) groups excluding carboxylic acids is 1. The number of carbonyl (C=O) groups is 1. The highest BCUT2D eigenvalue weighted by molar-refractivity contribution is 9.10. The van der Waals surface area contributed by atoms with Gasteiger partial charge in [0.25, 0.3) is 0 Å². The van der Waals surface area contributed by atoms with Crippen LogP contribution in [0.5, 0.6) is 0 Å². The summed E-state index contributed by atoms with van der Waals surface area (Å²) in [5, 5.41) is 7.81. The Morgan fingerprint density at radius 2 is 2.16 bits per heavy atom. The van der Waals surface area contributed by atoms with Gasteiger partial charge in [0, 0.05) is 16.3 Å². The van der Waals surface area contributed by atoms with Gasteiger partial charge in [-0.1, -0.05) is 0 Å². The van der Waals surface area contributed by atoms with E-state index in [0.717, 1.165) is 15.0 Å². The smallest absolute Gasteiger partial charge is 0.221 e. The average Bonchev–Trinajstić information content (AvgIpc) is 2.77. The molecule has 0 saturated carbocycles. The van der Waals surface area contributed by atoms with Crippen molar-refractivity contribution in [2.75, 3.05) is 10.6 Å². The molecule has 2 rings (SSSR count). The van der Waals surface area contributed by atoms with Crippen molar-refractivity contribution in [1.82, 2.24) is 0 Å². The molecule has 1 amide bonds. The second-order valence-electron chi connectivity index (χ2n) is 3.92. The van der Waals surface area contributed by atoms with E-state index in [0.29, 0.717) is 12.2 Å². The Bertz CT molecular complexity index is 600. The molecule has 0 atom stereocenters. The molecular weight excluding hydrogens is 331 g/mol. The Morgan fingerprint density at radius 1 is 1.37 bits per heavy atom. The number of hydrogen-bond donors (Lipinski definition) is 2. The molecule has 0 aliphatic heterocycles. The number of hydrogen-bond acceptors (Lipinski definition) is 3. The Labute approximate surface area is 123 Å². The summed E-state index contributed by atoms with van der Waals surface area (Å²) in [6.07, 6.45) is 0. The first kappa shape index (κ1) is 14.0. The van der Waals surface area contributed by atoms with Gasteiger partial charge >= 0.3 is 0 Å². The van der Waals surface area contributed by atoms with Crippen LogP contribution >= 0.6 is 27.3 Å². The summed E-state index contributed by atoms with van der Waals surface area (Å²) in [4.78, 5) is 12.0. The van der Waals surface area contributed by atoms with Crippen LogP contribution in [-0.2, 0) is 11.3 Å². The first-order valence-electron chi connectivity index (χ1n) is 5.59. The Hall–Kier alpha value is -1.40. The zero-order chi connectivity index (χ0) is 13.8. The topological polar surface area (TPSA) is 41.1 Å². The van der Waals surface area contributed by atoms with Gasteiger partial charge in [0.05, 0.1) is 17.9 Å². The maximum absolute atomic E-state index is 13.1. The van der Waals surface area contributed by atoms with E-state index < -0.39 is 0 Å². The molecule has 6 heteroatoms. The number of thiophene rings is 1. The van der Waals surface area contributed by atoms with Crippen molar-refractivity contribution >= 4 is 44.5 Å². The largest absolute Gasteiger partial charge is 0.379 e. The summed E-state index contributed by atoms with van der Waals surface area (Å²) in [5.41, 5.74) is 1.47. The van der Waals surface area contributed by atoms with Crippen LogP contribution in [0.4, 0.5) is 15.8 Å². The molecular formula is C13H12BrFN2OS. The van der Waals surface area contributed by atoms with Crippen LogP contribution < -0.4 is 10.6 Å². The highest BCUT2D eigenvalue weighted by Gasteiger charge is 2.07. The third-order valence-electron chi connectivity index (χ3n) is 2.42. The molecule has 1 heterocycles. The molecule has 19 heavy (non-hydrogen) atoms. The Morgan fingerprint density at radius 3 is 2.89 bits per heavy atom. The number of rotatable bonds is 4. The van der Waals surface area contributed by atoms with Crippen molar-refractivity contribution in [3.63, 3.8) is 0 Å². The minimum Gasteiger partial charge on any atom is -0.379 e. The van der Waals surface area contributed by atoms with E-state index in [-0.39, 0.29) is 11.7 Å². The number of anilines is 2. The lowest BCUT2D eigenvalue weighted by Crippen LogP contribution is -2.08. The van der Waals surface area contributed by atoms with Gasteiger partial charge in [-0.2, -0.15) is 0 Å². The second-order valence-corrected chi connectivity index (χ2v) is 5.77. The third kappa shape index (κ3) is 3.78. The fourth-order valence-electron chi connectivity index (χ4n) is 1.59. The molecule has 0 aliphatic rings. The van der Waals surface area contributed by atoms with E-state index >= 15 is 0 Å². The lowest BCUT2D eigenvalue weighted by atomic mass is 10.3. The predicted molar refractivity (Wildman–Crippen MR) is 80.0 cm³/mol. The first-order chi connectivity index (χ1) is 9.06. The predicted octanol–water partition coefficient (Wildman–Crippen LogP) is 4.22. The second kappa shape index (κ2) is 6.16. The molecule has 0 spiro atoms. The number of nitrogens with one attached hydrogen (secondary N) is 2. The van der Waals surface area contributed by atoms with Crippen LogP contribution in [0, 0.1) is 5.82 Å². The summed E-state index contributed by atoms with van der Waals surface area (Å²) < 4.78 is 13.9. The van der Waals surface area contributed by atoms with Crippen LogP contribution in [0.2, 0.25) is 0 Å². The van der Waals surface area contributed by atoms with E-state index in [1.54, 1.807) is 6.07 Å². The molecule has 0 unspecified atom stereocenters. The molecule has 0 radical (unpaired) electrons. The van der Waals surface area contributed by atoms with Crippen LogP contribution in [0.1, 0.15) is 11.8 Å². The monoisotopic (exact) mass is 342 g/mol. The van der Waals surface area contributed by atoms with Gasteiger partial charge in [0.2, 0.25) is 5.91 Å². The van der Waals surface area contributed by atoms with Crippen molar-refractivity contribution < 1.29 is 9.18 Å². The van der Waals surface area contributed by atoms with E-state index in [1.807, 2.05) is 11.4 Å². The minimum atomic E-state index is -0.293. The standard InChI is InChI=1S/C13H12BrFN2OS/c1-8(18)17-11-4-5-19-13(11)7-16-12-6-9(15)2-3-10(12)14/h2-6,16H,7H2,1H3,(H,17,18). The lowest BCUT2D eigenvalue weighted by molar-refractivity contribution is -0.114. The van der Waals surface area contributed by atoms with E-state index in [4.69, 9.17) is 0 Å². The molecule has 1 aromatic heterocycles. The summed E-state index contributed by atoms with van der Waals surface area (Å²) in [5.74, 6) is -0.398. The minimum absolute atomic E-state index is 0.105. The van der Waals surface area contributed by atoms with Crippen LogP contribution in [0.3, 0.4) is 0 Å². The van der Waals surface area contributed by atoms with Crippen molar-refractivity contribution in [1.29, 1.82) is 0 Å². The molecule has 0 saturated heterocycles. The van der Waals surface area contributed by atoms with Gasteiger partial charge in [-0.25, -0.2) is 4.39 Å². The summed E-state index contributed by atoms with van der Waals surface area (Å²) >= 11 is 4.89. The molecule has 2 aromatic rings. The zero-order valence-corrected chi connectivity index (χ0v) is 12.6. The highest BCUT2D eigenvalue weighted by Crippen LogP contribution is 2.27. The van der Waals surface area contributed by atoms with Crippen molar-refractivity contribution in [2.24, 2.45) is 0 Å². The van der Waals surface area contributed by atoms with E-state index in [2.05, 4.69) is 26.6 Å². The summed E-state index contributed by atoms with van der Waals surface area (Å²) in [7, 11) is 0. The average molecular weight is 343 g/mol. The summed E-state index contributed by atoms with van der Waals surface area (Å²) in [6.45, 7) is 1.99. The highest BCUT2D eigenvalue weighted by atomic mass is 79.9. The van der Waals surface area contributed by atoms with Gasteiger partial charge in [-0.3, -0.25) is 4.79 Å². The SMILES string of the molecule is CC(=O)Nc1ccsc1CNc1cc(F)ccc1Br. The number of halogens is 2. The maximum atomic E-state index is 13.1. The first-order valence-corrected chi connectivity index (χ1v) is 7.26. The van der Waals surface area contributed by atoms with Crippen LogP contribution in [0.15, 0.2) is 34.1 Å².